The third-order valence-electron chi connectivity index (χ3n) is 2.60. The fourth-order valence-corrected chi connectivity index (χ4v) is 1.64. The van der Waals surface area contributed by atoms with Crippen LogP contribution in [0.4, 0.5) is 0 Å². The number of hydrogen-bond acceptors (Lipinski definition) is 3. The van der Waals surface area contributed by atoms with Crippen molar-refractivity contribution in [3.63, 3.8) is 0 Å². The first-order chi connectivity index (χ1) is 7.24. The Morgan fingerprint density at radius 3 is 2.87 bits per heavy atom. The molecule has 0 bridgehead atoms. The Hall–Kier alpha value is -1.10. The van der Waals surface area contributed by atoms with Crippen LogP contribution in [0.2, 0.25) is 0 Å². The highest BCUT2D eigenvalue weighted by atomic mass is 16.2. The summed E-state index contributed by atoms with van der Waals surface area (Å²) in [6, 6.07) is 0. The van der Waals surface area contributed by atoms with Gasteiger partial charge in [0.2, 0.25) is 11.8 Å². The highest BCUT2D eigenvalue weighted by Gasteiger charge is 2.20. The van der Waals surface area contributed by atoms with Gasteiger partial charge in [-0.15, -0.1) is 0 Å². The summed E-state index contributed by atoms with van der Waals surface area (Å²) < 4.78 is 0. The van der Waals surface area contributed by atoms with Gasteiger partial charge in [0.1, 0.15) is 0 Å². The number of carbonyl (C=O) groups is 2. The Morgan fingerprint density at radius 2 is 2.27 bits per heavy atom. The maximum Gasteiger partial charge on any atom is 0.224 e. The van der Waals surface area contributed by atoms with Crippen LogP contribution in [0.5, 0.6) is 0 Å². The maximum absolute atomic E-state index is 11.6. The molecule has 0 radical (unpaired) electrons. The number of amides is 2. The lowest BCUT2D eigenvalue weighted by molar-refractivity contribution is -0.125. The molecular formula is C10H19N3O2. The van der Waals surface area contributed by atoms with Crippen molar-refractivity contribution in [1.29, 1.82) is 0 Å². The zero-order valence-electron chi connectivity index (χ0n) is 9.14. The van der Waals surface area contributed by atoms with Gasteiger partial charge in [0.15, 0.2) is 0 Å². The SMILES string of the molecule is CNC(=O)CCNC(=O)[C@H]1CCCNC1. The lowest BCUT2D eigenvalue weighted by atomic mass is 9.99. The molecular weight excluding hydrogens is 194 g/mol. The smallest absolute Gasteiger partial charge is 0.224 e. The van der Waals surface area contributed by atoms with Gasteiger partial charge in [-0.2, -0.15) is 0 Å². The molecule has 1 saturated heterocycles. The predicted molar refractivity (Wildman–Crippen MR) is 57.3 cm³/mol. The molecule has 1 heterocycles. The van der Waals surface area contributed by atoms with E-state index in [1.807, 2.05) is 0 Å². The van der Waals surface area contributed by atoms with Crippen LogP contribution >= 0.6 is 0 Å². The Bertz CT molecular complexity index is 225. The topological polar surface area (TPSA) is 70.2 Å². The van der Waals surface area contributed by atoms with Crippen LogP contribution in [0.25, 0.3) is 0 Å². The van der Waals surface area contributed by atoms with Gasteiger partial charge in [-0.3, -0.25) is 9.59 Å². The second kappa shape index (κ2) is 6.40. The Morgan fingerprint density at radius 1 is 1.47 bits per heavy atom. The van der Waals surface area contributed by atoms with Crippen molar-refractivity contribution in [3.05, 3.63) is 0 Å². The van der Waals surface area contributed by atoms with E-state index in [9.17, 15) is 9.59 Å². The van der Waals surface area contributed by atoms with Gasteiger partial charge in [0, 0.05) is 26.6 Å². The summed E-state index contributed by atoms with van der Waals surface area (Å²) in [4.78, 5) is 22.5. The number of rotatable bonds is 4. The minimum absolute atomic E-state index is 0.0444. The zero-order valence-corrected chi connectivity index (χ0v) is 9.14. The largest absolute Gasteiger partial charge is 0.359 e. The molecule has 1 fully saturated rings. The summed E-state index contributed by atoms with van der Waals surface area (Å²) in [6.07, 6.45) is 2.34. The number of piperidine rings is 1. The third kappa shape index (κ3) is 4.29. The monoisotopic (exact) mass is 213 g/mol. The molecule has 0 aromatic heterocycles. The van der Waals surface area contributed by atoms with Gasteiger partial charge < -0.3 is 16.0 Å². The Kier molecular flexibility index (Phi) is 5.10. The summed E-state index contributed by atoms with van der Waals surface area (Å²) in [5.41, 5.74) is 0. The molecule has 0 aromatic rings. The first kappa shape index (κ1) is 12.0. The molecule has 1 aliphatic heterocycles. The van der Waals surface area contributed by atoms with Crippen molar-refractivity contribution in [3.8, 4) is 0 Å². The Labute approximate surface area is 90.0 Å². The van der Waals surface area contributed by atoms with Crippen molar-refractivity contribution < 1.29 is 9.59 Å². The zero-order chi connectivity index (χ0) is 11.1. The first-order valence-corrected chi connectivity index (χ1v) is 5.43. The van der Waals surface area contributed by atoms with E-state index in [1.54, 1.807) is 7.05 Å². The van der Waals surface area contributed by atoms with E-state index in [2.05, 4.69) is 16.0 Å². The van der Waals surface area contributed by atoms with Crippen molar-refractivity contribution in [1.82, 2.24) is 16.0 Å². The van der Waals surface area contributed by atoms with Crippen LogP contribution in [0, 0.1) is 5.92 Å². The second-order valence-corrected chi connectivity index (χ2v) is 3.76. The number of hydrogen-bond donors (Lipinski definition) is 3. The summed E-state index contributed by atoms with van der Waals surface area (Å²) in [7, 11) is 1.59. The Balaban J connectivity index is 2.14. The quantitative estimate of drug-likeness (QED) is 0.575. The second-order valence-electron chi connectivity index (χ2n) is 3.76. The standard InChI is InChI=1S/C10H19N3O2/c1-11-9(14)4-6-13-10(15)8-3-2-5-12-7-8/h8,12H,2-7H2,1H3,(H,11,14)(H,13,15)/t8-/m0/s1. The van der Waals surface area contributed by atoms with E-state index >= 15 is 0 Å². The fraction of sp³-hybridized carbons (Fsp3) is 0.800. The molecule has 0 spiro atoms. The van der Waals surface area contributed by atoms with Crippen molar-refractivity contribution in [2.24, 2.45) is 5.92 Å². The van der Waals surface area contributed by atoms with Crippen LogP contribution < -0.4 is 16.0 Å². The normalized spacial score (nSPS) is 20.7. The van der Waals surface area contributed by atoms with Gasteiger partial charge in [-0.1, -0.05) is 0 Å². The highest BCUT2D eigenvalue weighted by molar-refractivity contribution is 5.80. The molecule has 3 N–H and O–H groups in total. The molecule has 1 aliphatic rings. The molecule has 86 valence electrons. The maximum atomic E-state index is 11.6. The van der Waals surface area contributed by atoms with Crippen molar-refractivity contribution in [2.75, 3.05) is 26.7 Å². The van der Waals surface area contributed by atoms with Crippen molar-refractivity contribution >= 4 is 11.8 Å². The van der Waals surface area contributed by atoms with E-state index in [-0.39, 0.29) is 17.7 Å². The van der Waals surface area contributed by atoms with Crippen LogP contribution in [0.15, 0.2) is 0 Å². The van der Waals surface area contributed by atoms with E-state index in [0.29, 0.717) is 13.0 Å². The number of carbonyl (C=O) groups excluding carboxylic acids is 2. The van der Waals surface area contributed by atoms with Gasteiger partial charge in [0.05, 0.1) is 5.92 Å². The molecule has 0 aromatic carbocycles. The van der Waals surface area contributed by atoms with Gasteiger partial charge in [-0.25, -0.2) is 0 Å². The average Bonchev–Trinajstić information content (AvgIpc) is 2.29. The van der Waals surface area contributed by atoms with E-state index in [4.69, 9.17) is 0 Å². The van der Waals surface area contributed by atoms with Gasteiger partial charge in [0.25, 0.3) is 0 Å². The summed E-state index contributed by atoms with van der Waals surface area (Å²) >= 11 is 0. The summed E-state index contributed by atoms with van der Waals surface area (Å²) in [5, 5.41) is 8.48. The van der Waals surface area contributed by atoms with Gasteiger partial charge >= 0.3 is 0 Å². The number of nitrogens with one attached hydrogen (secondary N) is 3. The summed E-state index contributed by atoms with van der Waals surface area (Å²) in [6.45, 7) is 2.18. The minimum atomic E-state index is -0.0444. The van der Waals surface area contributed by atoms with Crippen LogP contribution in [-0.2, 0) is 9.59 Å². The van der Waals surface area contributed by atoms with E-state index in [0.717, 1.165) is 25.9 Å². The lowest BCUT2D eigenvalue weighted by Crippen LogP contribution is -2.41. The van der Waals surface area contributed by atoms with E-state index in [1.165, 1.54) is 0 Å². The molecule has 0 aliphatic carbocycles. The van der Waals surface area contributed by atoms with Crippen molar-refractivity contribution in [2.45, 2.75) is 19.3 Å². The molecule has 0 unspecified atom stereocenters. The van der Waals surface area contributed by atoms with E-state index < -0.39 is 0 Å². The average molecular weight is 213 g/mol. The van der Waals surface area contributed by atoms with Crippen LogP contribution in [0.3, 0.4) is 0 Å². The summed E-state index contributed by atoms with van der Waals surface area (Å²) in [5.74, 6) is 0.0895. The fourth-order valence-electron chi connectivity index (χ4n) is 1.64. The predicted octanol–water partition coefficient (Wildman–Crippen LogP) is -0.762. The molecule has 2 amide bonds. The molecule has 0 saturated carbocycles. The molecule has 5 heteroatoms. The molecule has 1 atom stereocenters. The lowest BCUT2D eigenvalue weighted by Gasteiger charge is -2.21. The van der Waals surface area contributed by atoms with Crippen LogP contribution in [-0.4, -0.2) is 38.5 Å². The molecule has 5 nitrogen and oxygen atoms in total. The molecule has 15 heavy (non-hydrogen) atoms. The third-order valence-corrected chi connectivity index (χ3v) is 2.60. The minimum Gasteiger partial charge on any atom is -0.359 e. The molecule has 1 rings (SSSR count). The van der Waals surface area contributed by atoms with Gasteiger partial charge in [-0.05, 0) is 19.4 Å². The van der Waals surface area contributed by atoms with Crippen LogP contribution in [0.1, 0.15) is 19.3 Å². The first-order valence-electron chi connectivity index (χ1n) is 5.43. The highest BCUT2D eigenvalue weighted by Crippen LogP contribution is 2.09.